The average Bonchev–Trinajstić information content (AvgIpc) is 3.06. The fourth-order valence-electron chi connectivity index (χ4n) is 2.70. The number of aromatic nitrogens is 2. The molecule has 0 aliphatic heterocycles. The molecule has 0 unspecified atom stereocenters. The summed E-state index contributed by atoms with van der Waals surface area (Å²) in [7, 11) is 0. The van der Waals surface area contributed by atoms with Crippen molar-refractivity contribution >= 4 is 33.3 Å². The van der Waals surface area contributed by atoms with E-state index in [1.165, 1.54) is 11.3 Å². The smallest absolute Gasteiger partial charge is 0.258 e. The van der Waals surface area contributed by atoms with Gasteiger partial charge in [0.1, 0.15) is 0 Å². The molecule has 0 fully saturated rings. The maximum atomic E-state index is 12.8. The molecule has 0 aliphatic carbocycles. The van der Waals surface area contributed by atoms with Gasteiger partial charge in [0, 0.05) is 22.0 Å². The minimum Gasteiger partial charge on any atom is -0.298 e. The number of benzene rings is 2. The molecule has 4 nitrogen and oxygen atoms in total. The summed E-state index contributed by atoms with van der Waals surface area (Å²) in [5.41, 5.74) is 3.15. The van der Waals surface area contributed by atoms with Gasteiger partial charge in [-0.1, -0.05) is 48.5 Å². The van der Waals surface area contributed by atoms with Gasteiger partial charge in [-0.15, -0.1) is 11.3 Å². The van der Waals surface area contributed by atoms with Crippen LogP contribution in [-0.4, -0.2) is 15.9 Å². The second-order valence-corrected chi connectivity index (χ2v) is 6.90. The van der Waals surface area contributed by atoms with E-state index >= 15 is 0 Å². The van der Waals surface area contributed by atoms with Crippen LogP contribution in [0, 0.1) is 6.92 Å². The van der Waals surface area contributed by atoms with E-state index < -0.39 is 0 Å². The van der Waals surface area contributed by atoms with Crippen LogP contribution >= 0.6 is 11.3 Å². The molecule has 4 aromatic rings. The van der Waals surface area contributed by atoms with Crippen LogP contribution in [0.2, 0.25) is 0 Å². The van der Waals surface area contributed by atoms with Gasteiger partial charge in [-0.05, 0) is 19.1 Å². The standard InChI is InChI=1S/C20H15N3OS/c1-13-12-21-20(25-13)23-19(24)16-11-18(14-7-3-2-4-8-14)22-17-10-6-5-9-15(16)17/h2-12H,1H3,(H,21,23,24). The molecule has 0 aliphatic rings. The van der Waals surface area contributed by atoms with E-state index in [9.17, 15) is 4.79 Å². The molecule has 0 saturated heterocycles. The summed E-state index contributed by atoms with van der Waals surface area (Å²) < 4.78 is 0. The highest BCUT2D eigenvalue weighted by Crippen LogP contribution is 2.26. The molecule has 1 amide bonds. The van der Waals surface area contributed by atoms with Crippen LogP contribution in [0.25, 0.3) is 22.2 Å². The summed E-state index contributed by atoms with van der Waals surface area (Å²) in [6, 6.07) is 19.4. The SMILES string of the molecule is Cc1cnc(NC(=O)c2cc(-c3ccccc3)nc3ccccc23)s1. The number of nitrogens with zero attached hydrogens (tertiary/aromatic N) is 2. The number of pyridine rings is 1. The molecule has 122 valence electrons. The quantitative estimate of drug-likeness (QED) is 0.573. The first-order chi connectivity index (χ1) is 12.2. The average molecular weight is 345 g/mol. The van der Waals surface area contributed by atoms with Crippen molar-refractivity contribution in [2.45, 2.75) is 6.92 Å². The third kappa shape index (κ3) is 3.14. The largest absolute Gasteiger partial charge is 0.298 e. The van der Waals surface area contributed by atoms with Gasteiger partial charge in [0.25, 0.3) is 5.91 Å². The molecule has 2 aromatic carbocycles. The van der Waals surface area contributed by atoms with Gasteiger partial charge in [0.2, 0.25) is 0 Å². The second kappa shape index (κ2) is 6.45. The van der Waals surface area contributed by atoms with Crippen LogP contribution in [0.5, 0.6) is 0 Å². The number of hydrogen-bond acceptors (Lipinski definition) is 4. The third-order valence-electron chi connectivity index (χ3n) is 3.87. The zero-order valence-electron chi connectivity index (χ0n) is 13.6. The van der Waals surface area contributed by atoms with E-state index in [0.717, 1.165) is 27.0 Å². The number of fused-ring (bicyclic) bond motifs is 1. The molecule has 0 radical (unpaired) electrons. The van der Waals surface area contributed by atoms with Gasteiger partial charge in [-0.2, -0.15) is 0 Å². The van der Waals surface area contributed by atoms with Crippen molar-refractivity contribution in [1.29, 1.82) is 0 Å². The van der Waals surface area contributed by atoms with Gasteiger partial charge < -0.3 is 0 Å². The van der Waals surface area contributed by atoms with E-state index in [2.05, 4.69) is 10.3 Å². The van der Waals surface area contributed by atoms with Crippen molar-refractivity contribution in [2.75, 3.05) is 5.32 Å². The Bertz CT molecular complexity index is 1060. The molecule has 0 atom stereocenters. The summed E-state index contributed by atoms with van der Waals surface area (Å²) in [6.45, 7) is 1.96. The normalized spacial score (nSPS) is 10.8. The molecule has 2 heterocycles. The first-order valence-corrected chi connectivity index (χ1v) is 8.71. The van der Waals surface area contributed by atoms with Gasteiger partial charge in [-0.3, -0.25) is 10.1 Å². The van der Waals surface area contributed by atoms with Crippen molar-refractivity contribution in [3.8, 4) is 11.3 Å². The molecular weight excluding hydrogens is 330 g/mol. The van der Waals surface area contributed by atoms with E-state index in [1.807, 2.05) is 67.6 Å². The molecule has 4 rings (SSSR count). The molecular formula is C20H15N3OS. The molecule has 0 saturated carbocycles. The Hall–Kier alpha value is -3.05. The lowest BCUT2D eigenvalue weighted by Crippen LogP contribution is -2.12. The van der Waals surface area contributed by atoms with Crippen molar-refractivity contribution in [2.24, 2.45) is 0 Å². The first-order valence-electron chi connectivity index (χ1n) is 7.90. The van der Waals surface area contributed by atoms with E-state index in [1.54, 1.807) is 6.20 Å². The Balaban J connectivity index is 1.82. The number of thiazole rings is 1. The highest BCUT2D eigenvalue weighted by Gasteiger charge is 2.15. The minimum atomic E-state index is -0.176. The maximum absolute atomic E-state index is 12.8. The Morgan fingerprint density at radius 1 is 1.04 bits per heavy atom. The number of aryl methyl sites for hydroxylation is 1. The van der Waals surface area contributed by atoms with Crippen molar-refractivity contribution in [3.05, 3.63) is 77.3 Å². The van der Waals surface area contributed by atoms with Crippen LogP contribution in [0.1, 0.15) is 15.2 Å². The van der Waals surface area contributed by atoms with Crippen LogP contribution in [0.15, 0.2) is 66.9 Å². The van der Waals surface area contributed by atoms with Gasteiger partial charge >= 0.3 is 0 Å². The summed E-state index contributed by atoms with van der Waals surface area (Å²) in [5.74, 6) is -0.176. The molecule has 25 heavy (non-hydrogen) atoms. The number of hydrogen-bond donors (Lipinski definition) is 1. The fourth-order valence-corrected chi connectivity index (χ4v) is 3.36. The van der Waals surface area contributed by atoms with Crippen molar-refractivity contribution < 1.29 is 4.79 Å². The number of carbonyl (C=O) groups is 1. The molecule has 0 bridgehead atoms. The predicted octanol–water partition coefficient (Wildman–Crippen LogP) is 4.92. The number of amides is 1. The Morgan fingerprint density at radius 2 is 1.80 bits per heavy atom. The lowest BCUT2D eigenvalue weighted by atomic mass is 10.0. The highest BCUT2D eigenvalue weighted by molar-refractivity contribution is 7.15. The number of nitrogens with one attached hydrogen (secondary N) is 1. The first kappa shape index (κ1) is 15.5. The van der Waals surface area contributed by atoms with Crippen LogP contribution in [-0.2, 0) is 0 Å². The number of carbonyl (C=O) groups excluding carboxylic acids is 1. The topological polar surface area (TPSA) is 54.9 Å². The Kier molecular flexibility index (Phi) is 3.99. The third-order valence-corrected chi connectivity index (χ3v) is 4.70. The van der Waals surface area contributed by atoms with Crippen LogP contribution in [0.3, 0.4) is 0 Å². The number of rotatable bonds is 3. The van der Waals surface area contributed by atoms with Crippen molar-refractivity contribution in [1.82, 2.24) is 9.97 Å². The van der Waals surface area contributed by atoms with Gasteiger partial charge in [-0.25, -0.2) is 9.97 Å². The van der Waals surface area contributed by atoms with E-state index in [-0.39, 0.29) is 5.91 Å². The minimum absolute atomic E-state index is 0.176. The summed E-state index contributed by atoms with van der Waals surface area (Å²) in [6.07, 6.45) is 1.75. The summed E-state index contributed by atoms with van der Waals surface area (Å²) in [5, 5.41) is 4.32. The lowest BCUT2D eigenvalue weighted by Gasteiger charge is -2.09. The summed E-state index contributed by atoms with van der Waals surface area (Å²) in [4.78, 5) is 22.8. The Morgan fingerprint density at radius 3 is 2.56 bits per heavy atom. The van der Waals surface area contributed by atoms with E-state index in [4.69, 9.17) is 4.98 Å². The maximum Gasteiger partial charge on any atom is 0.258 e. The summed E-state index contributed by atoms with van der Waals surface area (Å²) >= 11 is 1.46. The number of anilines is 1. The monoisotopic (exact) mass is 345 g/mol. The van der Waals surface area contributed by atoms with Crippen LogP contribution in [0.4, 0.5) is 5.13 Å². The number of para-hydroxylation sites is 1. The van der Waals surface area contributed by atoms with E-state index in [0.29, 0.717) is 10.7 Å². The second-order valence-electron chi connectivity index (χ2n) is 5.67. The zero-order valence-corrected chi connectivity index (χ0v) is 14.4. The van der Waals surface area contributed by atoms with Gasteiger partial charge in [0.15, 0.2) is 5.13 Å². The Labute approximate surface area is 149 Å². The molecule has 2 aromatic heterocycles. The van der Waals surface area contributed by atoms with Gasteiger partial charge in [0.05, 0.1) is 16.8 Å². The molecule has 0 spiro atoms. The van der Waals surface area contributed by atoms with Crippen molar-refractivity contribution in [3.63, 3.8) is 0 Å². The molecule has 5 heteroatoms. The van der Waals surface area contributed by atoms with Crippen LogP contribution < -0.4 is 5.32 Å². The fraction of sp³-hybridized carbons (Fsp3) is 0.0500. The zero-order chi connectivity index (χ0) is 17.2. The molecule has 1 N–H and O–H groups in total. The predicted molar refractivity (Wildman–Crippen MR) is 102 cm³/mol. The lowest BCUT2D eigenvalue weighted by molar-refractivity contribution is 0.102. The highest BCUT2D eigenvalue weighted by atomic mass is 32.1.